The third-order valence-electron chi connectivity index (χ3n) is 3.95. The van der Waals surface area contributed by atoms with Crippen LogP contribution in [0.4, 0.5) is 0 Å². The second-order valence-electron chi connectivity index (χ2n) is 5.86. The topological polar surface area (TPSA) is 29.5 Å². The van der Waals surface area contributed by atoms with E-state index in [0.29, 0.717) is 11.8 Å². The van der Waals surface area contributed by atoms with E-state index in [1.54, 1.807) is 7.11 Å². The average Bonchev–Trinajstić information content (AvgIpc) is 3.20. The summed E-state index contributed by atoms with van der Waals surface area (Å²) < 4.78 is 5.17. The van der Waals surface area contributed by atoms with Gasteiger partial charge in [0.25, 0.3) is 0 Å². The van der Waals surface area contributed by atoms with Crippen molar-refractivity contribution in [3.63, 3.8) is 0 Å². The van der Waals surface area contributed by atoms with Crippen LogP contribution in [0.3, 0.4) is 0 Å². The SMILES string of the molecule is COc1ccc(C(O)(CCC(C)C)C2CC2)cc1. The molecule has 1 aliphatic rings. The third-order valence-corrected chi connectivity index (χ3v) is 3.95. The second-order valence-corrected chi connectivity index (χ2v) is 5.86. The van der Waals surface area contributed by atoms with Crippen LogP contribution in [0.5, 0.6) is 5.75 Å². The van der Waals surface area contributed by atoms with Crippen molar-refractivity contribution in [1.29, 1.82) is 0 Å². The standard InChI is InChI=1S/C16H24O2/c1-12(2)10-11-16(17,13-4-5-13)14-6-8-15(18-3)9-7-14/h6-9,12-13,17H,4-5,10-11H2,1-3H3. The molecule has 2 heteroatoms. The lowest BCUT2D eigenvalue weighted by Crippen LogP contribution is -2.28. The van der Waals surface area contributed by atoms with Gasteiger partial charge in [0, 0.05) is 0 Å². The minimum atomic E-state index is -0.628. The molecule has 1 saturated carbocycles. The van der Waals surface area contributed by atoms with E-state index in [4.69, 9.17) is 4.74 Å². The van der Waals surface area contributed by atoms with Crippen molar-refractivity contribution in [1.82, 2.24) is 0 Å². The van der Waals surface area contributed by atoms with Crippen molar-refractivity contribution in [3.05, 3.63) is 29.8 Å². The first-order chi connectivity index (χ1) is 8.56. The van der Waals surface area contributed by atoms with Crippen molar-refractivity contribution in [3.8, 4) is 5.75 Å². The van der Waals surface area contributed by atoms with E-state index in [-0.39, 0.29) is 0 Å². The molecule has 2 rings (SSSR count). The lowest BCUT2D eigenvalue weighted by atomic mass is 9.83. The molecule has 0 aromatic heterocycles. The van der Waals surface area contributed by atoms with Gasteiger partial charge < -0.3 is 9.84 Å². The number of rotatable bonds is 6. The summed E-state index contributed by atoms with van der Waals surface area (Å²) in [5, 5.41) is 11.0. The van der Waals surface area contributed by atoms with Crippen LogP contribution in [0.1, 0.15) is 45.1 Å². The largest absolute Gasteiger partial charge is 0.497 e. The van der Waals surface area contributed by atoms with Crippen LogP contribution in [0.25, 0.3) is 0 Å². The van der Waals surface area contributed by atoms with Gasteiger partial charge in [-0.2, -0.15) is 0 Å². The Labute approximate surface area is 110 Å². The zero-order chi connectivity index (χ0) is 13.2. The summed E-state index contributed by atoms with van der Waals surface area (Å²) >= 11 is 0. The second kappa shape index (κ2) is 5.31. The molecular formula is C16H24O2. The fourth-order valence-electron chi connectivity index (χ4n) is 2.53. The van der Waals surface area contributed by atoms with E-state index in [2.05, 4.69) is 13.8 Å². The monoisotopic (exact) mass is 248 g/mol. The molecule has 1 N–H and O–H groups in total. The predicted molar refractivity (Wildman–Crippen MR) is 73.7 cm³/mol. The summed E-state index contributed by atoms with van der Waals surface area (Å²) in [6, 6.07) is 7.91. The van der Waals surface area contributed by atoms with E-state index in [9.17, 15) is 5.11 Å². The number of hydrogen-bond donors (Lipinski definition) is 1. The summed E-state index contributed by atoms with van der Waals surface area (Å²) in [6.45, 7) is 4.42. The highest BCUT2D eigenvalue weighted by Crippen LogP contribution is 2.48. The molecule has 1 atom stereocenters. The van der Waals surface area contributed by atoms with Gasteiger partial charge in [0.1, 0.15) is 5.75 Å². The maximum absolute atomic E-state index is 11.0. The first-order valence-electron chi connectivity index (χ1n) is 6.93. The fraction of sp³-hybridized carbons (Fsp3) is 0.625. The van der Waals surface area contributed by atoms with Crippen molar-refractivity contribution in [2.45, 2.75) is 45.1 Å². The third kappa shape index (κ3) is 2.86. The molecule has 1 aromatic rings. The van der Waals surface area contributed by atoms with Gasteiger partial charge in [-0.1, -0.05) is 26.0 Å². The highest BCUT2D eigenvalue weighted by Gasteiger charge is 2.44. The molecule has 2 nitrogen and oxygen atoms in total. The van der Waals surface area contributed by atoms with E-state index < -0.39 is 5.60 Å². The molecular weight excluding hydrogens is 224 g/mol. The van der Waals surface area contributed by atoms with Gasteiger partial charge in [0.15, 0.2) is 0 Å². The van der Waals surface area contributed by atoms with E-state index in [1.807, 2.05) is 24.3 Å². The summed E-state index contributed by atoms with van der Waals surface area (Å²) in [5.74, 6) is 1.93. The molecule has 1 aromatic carbocycles. The Hall–Kier alpha value is -1.02. The number of hydrogen-bond acceptors (Lipinski definition) is 2. The van der Waals surface area contributed by atoms with Crippen LogP contribution in [0, 0.1) is 11.8 Å². The molecule has 0 spiro atoms. The Morgan fingerprint density at radius 2 is 1.89 bits per heavy atom. The summed E-state index contributed by atoms with van der Waals surface area (Å²) in [5.41, 5.74) is 0.419. The summed E-state index contributed by atoms with van der Waals surface area (Å²) in [6.07, 6.45) is 4.24. The average molecular weight is 248 g/mol. The normalized spacial score (nSPS) is 18.7. The molecule has 0 radical (unpaired) electrons. The number of benzene rings is 1. The minimum absolute atomic E-state index is 0.449. The molecule has 0 saturated heterocycles. The summed E-state index contributed by atoms with van der Waals surface area (Å²) in [7, 11) is 1.67. The number of ether oxygens (including phenoxy) is 1. The Kier molecular flexibility index (Phi) is 3.96. The highest BCUT2D eigenvalue weighted by molar-refractivity contribution is 5.32. The van der Waals surface area contributed by atoms with Crippen LogP contribution in [-0.2, 0) is 5.60 Å². The minimum Gasteiger partial charge on any atom is -0.497 e. The molecule has 18 heavy (non-hydrogen) atoms. The molecule has 0 heterocycles. The maximum Gasteiger partial charge on any atom is 0.118 e. The summed E-state index contributed by atoms with van der Waals surface area (Å²) in [4.78, 5) is 0. The highest BCUT2D eigenvalue weighted by atomic mass is 16.5. The Morgan fingerprint density at radius 3 is 2.33 bits per heavy atom. The first-order valence-corrected chi connectivity index (χ1v) is 6.93. The van der Waals surface area contributed by atoms with Crippen LogP contribution in [0.2, 0.25) is 0 Å². The lowest BCUT2D eigenvalue weighted by Gasteiger charge is -2.30. The molecule has 100 valence electrons. The lowest BCUT2D eigenvalue weighted by molar-refractivity contribution is -0.000768. The molecule has 0 bridgehead atoms. The smallest absolute Gasteiger partial charge is 0.118 e. The Bertz CT molecular complexity index is 379. The van der Waals surface area contributed by atoms with Crippen molar-refractivity contribution in [2.75, 3.05) is 7.11 Å². The van der Waals surface area contributed by atoms with Crippen LogP contribution in [-0.4, -0.2) is 12.2 Å². The van der Waals surface area contributed by atoms with E-state index in [0.717, 1.165) is 37.0 Å². The Balaban J connectivity index is 2.17. The fourth-order valence-corrected chi connectivity index (χ4v) is 2.53. The zero-order valence-corrected chi connectivity index (χ0v) is 11.6. The van der Waals surface area contributed by atoms with E-state index >= 15 is 0 Å². The molecule has 1 aliphatic carbocycles. The first kappa shape index (κ1) is 13.4. The van der Waals surface area contributed by atoms with Gasteiger partial charge in [0.2, 0.25) is 0 Å². The molecule has 1 fully saturated rings. The van der Waals surface area contributed by atoms with Crippen LogP contribution < -0.4 is 4.74 Å². The molecule has 0 amide bonds. The molecule has 0 aliphatic heterocycles. The van der Waals surface area contributed by atoms with Crippen molar-refractivity contribution < 1.29 is 9.84 Å². The van der Waals surface area contributed by atoms with Gasteiger partial charge in [-0.15, -0.1) is 0 Å². The number of methoxy groups -OCH3 is 1. The Morgan fingerprint density at radius 1 is 1.28 bits per heavy atom. The number of aliphatic hydroxyl groups is 1. The van der Waals surface area contributed by atoms with Gasteiger partial charge in [-0.3, -0.25) is 0 Å². The van der Waals surface area contributed by atoms with Crippen molar-refractivity contribution in [2.24, 2.45) is 11.8 Å². The quantitative estimate of drug-likeness (QED) is 0.831. The van der Waals surface area contributed by atoms with Crippen molar-refractivity contribution >= 4 is 0 Å². The van der Waals surface area contributed by atoms with Crippen LogP contribution >= 0.6 is 0 Å². The van der Waals surface area contributed by atoms with E-state index in [1.165, 1.54) is 0 Å². The predicted octanol–water partition coefficient (Wildman–Crippen LogP) is 3.73. The van der Waals surface area contributed by atoms with Gasteiger partial charge >= 0.3 is 0 Å². The zero-order valence-electron chi connectivity index (χ0n) is 11.6. The molecule has 1 unspecified atom stereocenters. The maximum atomic E-state index is 11.0. The van der Waals surface area contributed by atoms with Gasteiger partial charge in [0.05, 0.1) is 12.7 Å². The van der Waals surface area contributed by atoms with Gasteiger partial charge in [-0.05, 0) is 55.2 Å². The van der Waals surface area contributed by atoms with Gasteiger partial charge in [-0.25, -0.2) is 0 Å². The van der Waals surface area contributed by atoms with Crippen LogP contribution in [0.15, 0.2) is 24.3 Å².